The van der Waals surface area contributed by atoms with E-state index in [1.165, 1.54) is 70.6 Å². The Labute approximate surface area is 237 Å². The predicted octanol–water partition coefficient (Wildman–Crippen LogP) is 8.63. The minimum Gasteiger partial charge on any atom is -0.493 e. The fraction of sp³-hybridized carbons (Fsp3) is 0.758. The zero-order valence-corrected chi connectivity index (χ0v) is 24.8. The summed E-state index contributed by atoms with van der Waals surface area (Å²) in [6.07, 6.45) is 20.6. The molecular weight excluding hydrogens is 492 g/mol. The summed E-state index contributed by atoms with van der Waals surface area (Å²) in [6.45, 7) is 5.25. The van der Waals surface area contributed by atoms with E-state index in [1.54, 1.807) is 18.2 Å². The van der Waals surface area contributed by atoms with Gasteiger partial charge in [-0.2, -0.15) is 0 Å². The smallest absolute Gasteiger partial charge is 0.306 e. The van der Waals surface area contributed by atoms with Crippen LogP contribution in [0.4, 0.5) is 0 Å². The van der Waals surface area contributed by atoms with Gasteiger partial charge < -0.3 is 19.7 Å². The molecule has 0 saturated carbocycles. The second-order valence-corrected chi connectivity index (χ2v) is 10.9. The monoisotopic (exact) mass is 548 g/mol. The summed E-state index contributed by atoms with van der Waals surface area (Å²) in [5.41, 5.74) is 0.462. The van der Waals surface area contributed by atoms with E-state index < -0.39 is 5.97 Å². The van der Waals surface area contributed by atoms with Crippen LogP contribution >= 0.6 is 0 Å². The molecule has 2 unspecified atom stereocenters. The van der Waals surface area contributed by atoms with Gasteiger partial charge in [0.2, 0.25) is 0 Å². The first-order valence-electron chi connectivity index (χ1n) is 15.7. The van der Waals surface area contributed by atoms with E-state index >= 15 is 0 Å². The van der Waals surface area contributed by atoms with Gasteiger partial charge in [0.05, 0.1) is 19.1 Å². The highest BCUT2D eigenvalue weighted by Gasteiger charge is 2.27. The van der Waals surface area contributed by atoms with Crippen molar-refractivity contribution in [1.82, 2.24) is 0 Å². The van der Waals surface area contributed by atoms with Crippen molar-refractivity contribution in [2.45, 2.75) is 129 Å². The van der Waals surface area contributed by atoms with Crippen LogP contribution in [0.25, 0.3) is 0 Å². The summed E-state index contributed by atoms with van der Waals surface area (Å²) in [5.74, 6) is 0.256. The van der Waals surface area contributed by atoms with Crippen molar-refractivity contribution in [3.63, 3.8) is 0 Å². The normalized spacial score (nSPS) is 12.7. The molecule has 6 nitrogen and oxygen atoms in total. The van der Waals surface area contributed by atoms with Crippen molar-refractivity contribution >= 4 is 12.3 Å². The molecule has 0 heterocycles. The second-order valence-electron chi connectivity index (χ2n) is 10.9. The number of carboxylic acids is 1. The van der Waals surface area contributed by atoms with Gasteiger partial charge in [0.15, 0.2) is 0 Å². The van der Waals surface area contributed by atoms with Crippen molar-refractivity contribution in [3.8, 4) is 11.5 Å². The summed E-state index contributed by atoms with van der Waals surface area (Å²) in [5, 5.41) is 19.1. The van der Waals surface area contributed by atoms with Crippen LogP contribution in [0, 0.1) is 11.8 Å². The van der Waals surface area contributed by atoms with Crippen molar-refractivity contribution in [2.75, 3.05) is 19.8 Å². The van der Waals surface area contributed by atoms with Gasteiger partial charge in [0.1, 0.15) is 17.8 Å². The number of hydrogen-bond acceptors (Lipinski definition) is 5. The van der Waals surface area contributed by atoms with Crippen molar-refractivity contribution in [2.24, 2.45) is 11.8 Å². The second kappa shape index (κ2) is 23.8. The molecule has 0 aromatic heterocycles. The molecule has 1 aromatic carbocycles. The zero-order chi connectivity index (χ0) is 28.6. The Kier molecular flexibility index (Phi) is 21.3. The number of benzene rings is 1. The molecule has 2 atom stereocenters. The molecule has 39 heavy (non-hydrogen) atoms. The fourth-order valence-corrected chi connectivity index (χ4v) is 5.23. The third-order valence-electron chi connectivity index (χ3n) is 7.53. The lowest BCUT2D eigenvalue weighted by atomic mass is 9.81. The zero-order valence-electron chi connectivity index (χ0n) is 24.8. The topological polar surface area (TPSA) is 93.1 Å². The van der Waals surface area contributed by atoms with Crippen LogP contribution in [-0.4, -0.2) is 42.3 Å². The van der Waals surface area contributed by atoms with E-state index in [9.17, 15) is 14.7 Å². The first-order valence-corrected chi connectivity index (χ1v) is 15.7. The lowest BCUT2D eigenvalue weighted by Crippen LogP contribution is -2.24. The molecule has 0 spiro atoms. The summed E-state index contributed by atoms with van der Waals surface area (Å²) in [7, 11) is 0. The van der Waals surface area contributed by atoms with E-state index in [4.69, 9.17) is 14.6 Å². The lowest BCUT2D eigenvalue weighted by molar-refractivity contribution is -0.144. The highest BCUT2D eigenvalue weighted by Crippen LogP contribution is 2.30. The molecule has 0 radical (unpaired) electrons. The Hall–Kier alpha value is -2.08. The van der Waals surface area contributed by atoms with Crippen LogP contribution in [-0.2, 0) is 4.79 Å². The van der Waals surface area contributed by atoms with Crippen molar-refractivity contribution in [1.29, 1.82) is 0 Å². The summed E-state index contributed by atoms with van der Waals surface area (Å²) < 4.78 is 11.5. The summed E-state index contributed by atoms with van der Waals surface area (Å²) in [4.78, 5) is 23.7. The first-order chi connectivity index (χ1) is 19.0. The molecule has 2 N–H and O–H groups in total. The molecule has 0 fully saturated rings. The van der Waals surface area contributed by atoms with Crippen LogP contribution in [0.2, 0.25) is 0 Å². The maximum absolute atomic E-state index is 12.3. The molecule has 0 aliphatic rings. The Morgan fingerprint density at radius 2 is 1.21 bits per heavy atom. The van der Waals surface area contributed by atoms with Crippen molar-refractivity contribution in [3.05, 3.63) is 23.8 Å². The number of aliphatic hydroxyl groups excluding tert-OH is 1. The number of hydrogen-bond donors (Lipinski definition) is 2. The number of carboxylic acid groups (broad SMARTS) is 1. The number of rotatable bonds is 27. The SMILES string of the molecule is CCCCCCCCCC(CCCCCCCC)C(CCCOc1cc(C=O)cc(OCCCO)c1)C(=O)O. The molecule has 0 aliphatic carbocycles. The maximum atomic E-state index is 12.3. The van der Waals surface area contributed by atoms with E-state index in [-0.39, 0.29) is 18.4 Å². The van der Waals surface area contributed by atoms with Gasteiger partial charge in [0.25, 0.3) is 0 Å². The Morgan fingerprint density at radius 3 is 1.67 bits per heavy atom. The Morgan fingerprint density at radius 1 is 0.718 bits per heavy atom. The third kappa shape index (κ3) is 17.3. The van der Waals surface area contributed by atoms with Crippen LogP contribution in [0.5, 0.6) is 11.5 Å². The standard InChI is InChI=1S/C33H56O6/c1-3-5-7-9-11-13-15-19-29(18-14-12-10-8-6-4-2)32(33(36)37)20-16-22-38-30-24-28(27-35)25-31(26-30)39-23-17-21-34/h24-27,29,32,34H,3-23H2,1-2H3,(H,36,37). The predicted molar refractivity (Wildman–Crippen MR) is 159 cm³/mol. The third-order valence-corrected chi connectivity index (χ3v) is 7.53. The van der Waals surface area contributed by atoms with Crippen molar-refractivity contribution < 1.29 is 29.3 Å². The summed E-state index contributed by atoms with van der Waals surface area (Å²) >= 11 is 0. The highest BCUT2D eigenvalue weighted by atomic mass is 16.5. The molecule has 224 valence electrons. The number of carbonyl (C=O) groups is 2. The molecule has 1 rings (SSSR count). The molecule has 6 heteroatoms. The van der Waals surface area contributed by atoms with Gasteiger partial charge in [-0.15, -0.1) is 0 Å². The molecular formula is C33H56O6. The summed E-state index contributed by atoms with van der Waals surface area (Å²) in [6, 6.07) is 5.05. The number of ether oxygens (including phenoxy) is 2. The fourth-order valence-electron chi connectivity index (χ4n) is 5.23. The molecule has 0 aliphatic heterocycles. The van der Waals surface area contributed by atoms with E-state index in [0.29, 0.717) is 49.5 Å². The number of aldehydes is 1. The van der Waals surface area contributed by atoms with E-state index in [2.05, 4.69) is 13.8 Å². The van der Waals surface area contributed by atoms with Gasteiger partial charge in [-0.25, -0.2) is 0 Å². The highest BCUT2D eigenvalue weighted by molar-refractivity contribution is 5.76. The molecule has 1 aromatic rings. The van der Waals surface area contributed by atoms with Gasteiger partial charge in [-0.1, -0.05) is 97.3 Å². The number of carbonyl (C=O) groups excluding carboxylic acids is 1. The average Bonchev–Trinajstić information content (AvgIpc) is 2.93. The van der Waals surface area contributed by atoms with E-state index in [1.807, 2.05) is 0 Å². The number of aliphatic carboxylic acids is 1. The van der Waals surface area contributed by atoms with E-state index in [0.717, 1.165) is 32.0 Å². The van der Waals surface area contributed by atoms with Crippen LogP contribution in [0.1, 0.15) is 140 Å². The number of unbranched alkanes of at least 4 members (excludes halogenated alkanes) is 11. The van der Waals surface area contributed by atoms with Gasteiger partial charge in [-0.05, 0) is 43.7 Å². The minimum atomic E-state index is -0.684. The Balaban J connectivity index is 2.63. The Bertz CT molecular complexity index is 750. The molecule has 0 amide bonds. The average molecular weight is 549 g/mol. The van der Waals surface area contributed by atoms with Crippen LogP contribution < -0.4 is 9.47 Å². The number of aliphatic hydroxyl groups is 1. The largest absolute Gasteiger partial charge is 0.493 e. The van der Waals surface area contributed by atoms with Crippen LogP contribution in [0.3, 0.4) is 0 Å². The van der Waals surface area contributed by atoms with Gasteiger partial charge >= 0.3 is 5.97 Å². The molecule has 0 bridgehead atoms. The van der Waals surface area contributed by atoms with Gasteiger partial charge in [-0.3, -0.25) is 9.59 Å². The maximum Gasteiger partial charge on any atom is 0.306 e. The lowest BCUT2D eigenvalue weighted by Gasteiger charge is -2.24. The van der Waals surface area contributed by atoms with Gasteiger partial charge in [0, 0.05) is 24.7 Å². The quantitative estimate of drug-likeness (QED) is 0.0844. The minimum absolute atomic E-state index is 0.0419. The van der Waals surface area contributed by atoms with Crippen LogP contribution in [0.15, 0.2) is 18.2 Å². The first kappa shape index (κ1) is 34.9. The molecule has 0 saturated heterocycles.